The Morgan fingerprint density at radius 2 is 2.00 bits per heavy atom. The van der Waals surface area contributed by atoms with Gasteiger partial charge in [-0.1, -0.05) is 0 Å². The van der Waals surface area contributed by atoms with E-state index in [0.717, 1.165) is 26.2 Å². The molecule has 0 radical (unpaired) electrons. The highest BCUT2D eigenvalue weighted by Crippen LogP contribution is 2.20. The molecule has 0 saturated carbocycles. The average Bonchev–Trinajstić information content (AvgIpc) is 2.22. The van der Waals surface area contributed by atoms with Gasteiger partial charge in [0.2, 0.25) is 0 Å². The summed E-state index contributed by atoms with van der Waals surface area (Å²) in [6.07, 6.45) is 0. The number of rotatable bonds is 4. The fraction of sp³-hybridized carbons (Fsp3) is 0.929. The summed E-state index contributed by atoms with van der Waals surface area (Å²) in [4.78, 5) is 4.79. The van der Waals surface area contributed by atoms with Crippen molar-refractivity contribution >= 4 is 0 Å². The smallest absolute Gasteiger partial charge is 0.116 e. The SMILES string of the molecule is CC(C)NC(C)(C#N)CN1CCN(C)C(C)(C)C1. The van der Waals surface area contributed by atoms with Crippen LogP contribution in [0.4, 0.5) is 0 Å². The Hall–Kier alpha value is -0.630. The lowest BCUT2D eigenvalue weighted by Gasteiger charge is -2.47. The number of nitriles is 1. The van der Waals surface area contributed by atoms with Gasteiger partial charge in [-0.25, -0.2) is 0 Å². The van der Waals surface area contributed by atoms with Crippen LogP contribution in [-0.4, -0.2) is 60.1 Å². The van der Waals surface area contributed by atoms with Gasteiger partial charge >= 0.3 is 0 Å². The van der Waals surface area contributed by atoms with Crippen LogP contribution in [0.25, 0.3) is 0 Å². The molecule has 4 heteroatoms. The maximum Gasteiger partial charge on any atom is 0.116 e. The van der Waals surface area contributed by atoms with E-state index in [0.29, 0.717) is 6.04 Å². The van der Waals surface area contributed by atoms with Crippen molar-refractivity contribution in [2.75, 3.05) is 33.2 Å². The highest BCUT2D eigenvalue weighted by molar-refractivity contribution is 5.07. The van der Waals surface area contributed by atoms with Crippen molar-refractivity contribution in [3.05, 3.63) is 0 Å². The minimum atomic E-state index is -0.458. The van der Waals surface area contributed by atoms with Gasteiger partial charge in [0.15, 0.2) is 0 Å². The van der Waals surface area contributed by atoms with E-state index >= 15 is 0 Å². The standard InChI is InChI=1S/C14H28N4/c1-12(2)16-14(5,9-15)11-18-8-7-17(6)13(3,4)10-18/h12,16H,7-8,10-11H2,1-6H3. The zero-order valence-corrected chi connectivity index (χ0v) is 12.7. The summed E-state index contributed by atoms with van der Waals surface area (Å²) in [5.74, 6) is 0. The van der Waals surface area contributed by atoms with Crippen LogP contribution in [0.1, 0.15) is 34.6 Å². The molecule has 104 valence electrons. The number of nitrogens with zero attached hydrogens (tertiary/aromatic N) is 3. The Balaban J connectivity index is 2.64. The van der Waals surface area contributed by atoms with E-state index in [4.69, 9.17) is 0 Å². The van der Waals surface area contributed by atoms with Crippen LogP contribution >= 0.6 is 0 Å². The fourth-order valence-corrected chi connectivity index (χ4v) is 2.67. The third-order valence-electron chi connectivity index (χ3n) is 3.79. The molecule has 0 aromatic heterocycles. The lowest BCUT2D eigenvalue weighted by atomic mass is 9.96. The van der Waals surface area contributed by atoms with Crippen LogP contribution < -0.4 is 5.32 Å². The maximum absolute atomic E-state index is 9.40. The fourth-order valence-electron chi connectivity index (χ4n) is 2.67. The Kier molecular flexibility index (Phi) is 4.77. The van der Waals surface area contributed by atoms with Crippen LogP contribution in [-0.2, 0) is 0 Å². The lowest BCUT2D eigenvalue weighted by molar-refractivity contribution is 0.0307. The molecule has 1 rings (SSSR count). The van der Waals surface area contributed by atoms with Crippen LogP contribution in [0.2, 0.25) is 0 Å². The van der Waals surface area contributed by atoms with Crippen molar-refractivity contribution < 1.29 is 0 Å². The van der Waals surface area contributed by atoms with E-state index in [1.807, 2.05) is 6.92 Å². The van der Waals surface area contributed by atoms with Crippen molar-refractivity contribution in [3.63, 3.8) is 0 Å². The van der Waals surface area contributed by atoms with Crippen molar-refractivity contribution in [2.45, 2.75) is 51.7 Å². The number of likely N-dealkylation sites (N-methyl/N-ethyl adjacent to an activating group) is 1. The van der Waals surface area contributed by atoms with Crippen molar-refractivity contribution in [2.24, 2.45) is 0 Å². The second-order valence-electron chi connectivity index (χ2n) is 6.69. The molecule has 0 aliphatic carbocycles. The molecular formula is C14H28N4. The van der Waals surface area contributed by atoms with Gasteiger partial charge in [-0.3, -0.25) is 15.1 Å². The van der Waals surface area contributed by atoms with E-state index < -0.39 is 5.54 Å². The number of hydrogen-bond donors (Lipinski definition) is 1. The zero-order valence-electron chi connectivity index (χ0n) is 12.7. The first-order valence-electron chi connectivity index (χ1n) is 6.81. The minimum absolute atomic E-state index is 0.187. The second kappa shape index (κ2) is 5.56. The van der Waals surface area contributed by atoms with E-state index in [2.05, 4.69) is 55.9 Å². The van der Waals surface area contributed by atoms with Gasteiger partial charge in [0.25, 0.3) is 0 Å². The highest BCUT2D eigenvalue weighted by atomic mass is 15.3. The van der Waals surface area contributed by atoms with Gasteiger partial charge < -0.3 is 0 Å². The number of hydrogen-bond acceptors (Lipinski definition) is 4. The van der Waals surface area contributed by atoms with Crippen molar-refractivity contribution in [1.29, 1.82) is 5.26 Å². The summed E-state index contributed by atoms with van der Waals surface area (Å²) in [5, 5.41) is 12.8. The predicted octanol–water partition coefficient (Wildman–Crippen LogP) is 1.29. The van der Waals surface area contributed by atoms with Gasteiger partial charge in [-0.2, -0.15) is 5.26 Å². The van der Waals surface area contributed by atoms with Gasteiger partial charge in [-0.05, 0) is 41.7 Å². The zero-order chi connectivity index (χ0) is 14.0. The van der Waals surface area contributed by atoms with Gasteiger partial charge in [-0.15, -0.1) is 0 Å². The van der Waals surface area contributed by atoms with Gasteiger partial charge in [0, 0.05) is 37.8 Å². The van der Waals surface area contributed by atoms with Crippen LogP contribution in [0, 0.1) is 11.3 Å². The second-order valence-corrected chi connectivity index (χ2v) is 6.69. The third kappa shape index (κ3) is 3.94. The first-order chi connectivity index (χ1) is 8.18. The Labute approximate surface area is 112 Å². The molecule has 1 aliphatic rings. The molecule has 0 aromatic carbocycles. The van der Waals surface area contributed by atoms with Crippen LogP contribution in [0.3, 0.4) is 0 Å². The topological polar surface area (TPSA) is 42.3 Å². The Bertz CT molecular complexity index is 318. The van der Waals surface area contributed by atoms with Crippen LogP contribution in [0.15, 0.2) is 0 Å². The number of nitrogens with one attached hydrogen (secondary N) is 1. The largest absolute Gasteiger partial charge is 0.299 e. The van der Waals surface area contributed by atoms with Gasteiger partial charge in [0.1, 0.15) is 5.54 Å². The summed E-state index contributed by atoms with van der Waals surface area (Å²) >= 11 is 0. The van der Waals surface area contributed by atoms with Crippen LogP contribution in [0.5, 0.6) is 0 Å². The molecule has 1 unspecified atom stereocenters. The molecule has 1 saturated heterocycles. The molecule has 1 fully saturated rings. The molecule has 0 aromatic rings. The molecule has 1 N–H and O–H groups in total. The Morgan fingerprint density at radius 1 is 1.39 bits per heavy atom. The summed E-state index contributed by atoms with van der Waals surface area (Å²) in [7, 11) is 2.17. The minimum Gasteiger partial charge on any atom is -0.299 e. The van der Waals surface area contributed by atoms with Crippen molar-refractivity contribution in [3.8, 4) is 6.07 Å². The highest BCUT2D eigenvalue weighted by Gasteiger charge is 2.35. The molecule has 4 nitrogen and oxygen atoms in total. The predicted molar refractivity (Wildman–Crippen MR) is 75.4 cm³/mol. The molecule has 1 atom stereocenters. The maximum atomic E-state index is 9.40. The first-order valence-corrected chi connectivity index (χ1v) is 6.81. The van der Waals surface area contributed by atoms with E-state index in [1.165, 1.54) is 0 Å². The molecule has 0 spiro atoms. The lowest BCUT2D eigenvalue weighted by Crippen LogP contribution is -2.62. The molecule has 0 bridgehead atoms. The summed E-state index contributed by atoms with van der Waals surface area (Å²) < 4.78 is 0. The summed E-state index contributed by atoms with van der Waals surface area (Å²) in [6, 6.07) is 2.76. The molecule has 1 heterocycles. The van der Waals surface area contributed by atoms with Crippen molar-refractivity contribution in [1.82, 2.24) is 15.1 Å². The third-order valence-corrected chi connectivity index (χ3v) is 3.79. The first kappa shape index (κ1) is 15.4. The molecular weight excluding hydrogens is 224 g/mol. The summed E-state index contributed by atoms with van der Waals surface area (Å²) in [5.41, 5.74) is -0.271. The monoisotopic (exact) mass is 252 g/mol. The molecule has 0 amide bonds. The van der Waals surface area contributed by atoms with Gasteiger partial charge in [0.05, 0.1) is 6.07 Å². The van der Waals surface area contributed by atoms with E-state index in [9.17, 15) is 5.26 Å². The van der Waals surface area contributed by atoms with E-state index in [-0.39, 0.29) is 5.54 Å². The summed E-state index contributed by atoms with van der Waals surface area (Å²) in [6.45, 7) is 14.6. The normalized spacial score (nSPS) is 24.8. The van der Waals surface area contributed by atoms with E-state index in [1.54, 1.807) is 0 Å². The molecule has 18 heavy (non-hydrogen) atoms. The Morgan fingerprint density at radius 3 is 2.44 bits per heavy atom. The average molecular weight is 252 g/mol. The molecule has 1 aliphatic heterocycles. The number of piperazine rings is 1. The quantitative estimate of drug-likeness (QED) is 0.819.